The van der Waals surface area contributed by atoms with Gasteiger partial charge in [-0.15, -0.1) is 0 Å². The van der Waals surface area contributed by atoms with E-state index in [0.29, 0.717) is 17.9 Å². The summed E-state index contributed by atoms with van der Waals surface area (Å²) in [6.45, 7) is 4.27. The Balaban J connectivity index is 2.00. The normalized spacial score (nSPS) is 26.1. The first-order valence-corrected chi connectivity index (χ1v) is 8.76. The second-order valence-corrected chi connectivity index (χ2v) is 8.16. The standard InChI is InChI=1S/C20H23ClO3/c1-20(2)10-13-8-15(12-4-6-14(21)7-5-12)17(19(23)24-3)9-16(13)18(22)11-20/h4-7,15,17H,8-11H2,1-3H3/t15-,17-/m1/s1. The number of allylic oxidation sites excluding steroid dienone is 2. The van der Waals surface area contributed by atoms with Gasteiger partial charge in [0.1, 0.15) is 0 Å². The van der Waals surface area contributed by atoms with Gasteiger partial charge in [0, 0.05) is 17.4 Å². The van der Waals surface area contributed by atoms with Gasteiger partial charge in [0.2, 0.25) is 0 Å². The molecule has 1 aromatic carbocycles. The lowest BCUT2D eigenvalue weighted by molar-refractivity contribution is -0.146. The van der Waals surface area contributed by atoms with Crippen LogP contribution in [0.1, 0.15) is 51.0 Å². The molecule has 0 aliphatic heterocycles. The van der Waals surface area contributed by atoms with E-state index in [1.165, 1.54) is 12.7 Å². The zero-order valence-electron chi connectivity index (χ0n) is 14.4. The van der Waals surface area contributed by atoms with Gasteiger partial charge in [0.25, 0.3) is 0 Å². The van der Waals surface area contributed by atoms with E-state index in [1.54, 1.807) is 0 Å². The maximum atomic E-state index is 12.6. The van der Waals surface area contributed by atoms with E-state index in [9.17, 15) is 9.59 Å². The molecule has 0 amide bonds. The van der Waals surface area contributed by atoms with Crippen molar-refractivity contribution in [2.24, 2.45) is 11.3 Å². The average Bonchev–Trinajstić information content (AvgIpc) is 2.53. The van der Waals surface area contributed by atoms with E-state index < -0.39 is 0 Å². The molecule has 2 atom stereocenters. The van der Waals surface area contributed by atoms with Crippen LogP contribution in [0.2, 0.25) is 5.02 Å². The molecule has 0 N–H and O–H groups in total. The molecule has 0 saturated heterocycles. The van der Waals surface area contributed by atoms with E-state index in [2.05, 4.69) is 13.8 Å². The largest absolute Gasteiger partial charge is 0.469 e. The molecule has 24 heavy (non-hydrogen) atoms. The summed E-state index contributed by atoms with van der Waals surface area (Å²) in [5.74, 6) is -0.306. The first-order chi connectivity index (χ1) is 11.3. The second kappa shape index (κ2) is 6.36. The third-order valence-electron chi connectivity index (χ3n) is 5.27. The molecule has 128 valence electrons. The number of ketones is 1. The number of hydrogen-bond acceptors (Lipinski definition) is 3. The van der Waals surface area contributed by atoms with Crippen LogP contribution in [0.4, 0.5) is 0 Å². The van der Waals surface area contributed by atoms with Gasteiger partial charge < -0.3 is 4.74 Å². The maximum absolute atomic E-state index is 12.6. The van der Waals surface area contributed by atoms with Crippen LogP contribution in [0.5, 0.6) is 0 Å². The van der Waals surface area contributed by atoms with Crippen LogP contribution >= 0.6 is 11.6 Å². The Morgan fingerprint density at radius 2 is 1.83 bits per heavy atom. The molecule has 0 fully saturated rings. The molecule has 3 nitrogen and oxygen atoms in total. The number of Topliss-reactive ketones (excluding diaryl/α,β-unsaturated/α-hetero) is 1. The minimum atomic E-state index is -0.305. The fourth-order valence-corrected chi connectivity index (χ4v) is 4.29. The van der Waals surface area contributed by atoms with E-state index in [-0.39, 0.29) is 29.0 Å². The van der Waals surface area contributed by atoms with Gasteiger partial charge >= 0.3 is 5.97 Å². The fourth-order valence-electron chi connectivity index (χ4n) is 4.17. The molecule has 0 aromatic heterocycles. The Morgan fingerprint density at radius 3 is 2.46 bits per heavy atom. The van der Waals surface area contributed by atoms with E-state index in [0.717, 1.165) is 24.0 Å². The van der Waals surface area contributed by atoms with Gasteiger partial charge in [-0.25, -0.2) is 0 Å². The Morgan fingerprint density at radius 1 is 1.17 bits per heavy atom. The van der Waals surface area contributed by atoms with Crippen molar-refractivity contribution < 1.29 is 14.3 Å². The number of carbonyl (C=O) groups is 2. The molecule has 0 bridgehead atoms. The van der Waals surface area contributed by atoms with Crippen molar-refractivity contribution in [2.75, 3.05) is 7.11 Å². The molecule has 2 aliphatic rings. The van der Waals surface area contributed by atoms with Crippen molar-refractivity contribution in [3.8, 4) is 0 Å². The monoisotopic (exact) mass is 346 g/mol. The third-order valence-corrected chi connectivity index (χ3v) is 5.52. The van der Waals surface area contributed by atoms with Crippen molar-refractivity contribution in [3.63, 3.8) is 0 Å². The molecular weight excluding hydrogens is 324 g/mol. The summed E-state index contributed by atoms with van der Waals surface area (Å²) in [5.41, 5.74) is 3.17. The molecular formula is C20H23ClO3. The summed E-state index contributed by atoms with van der Waals surface area (Å²) >= 11 is 6.00. The molecule has 0 spiro atoms. The molecule has 2 aliphatic carbocycles. The number of halogens is 1. The van der Waals surface area contributed by atoms with Gasteiger partial charge in [0.05, 0.1) is 13.0 Å². The van der Waals surface area contributed by atoms with Crippen molar-refractivity contribution in [2.45, 2.75) is 45.4 Å². The highest BCUT2D eigenvalue weighted by Crippen LogP contribution is 2.49. The van der Waals surface area contributed by atoms with Crippen LogP contribution in [0, 0.1) is 11.3 Å². The van der Waals surface area contributed by atoms with Gasteiger partial charge in [0.15, 0.2) is 5.78 Å². The average molecular weight is 347 g/mol. The van der Waals surface area contributed by atoms with Crippen LogP contribution < -0.4 is 0 Å². The highest BCUT2D eigenvalue weighted by atomic mass is 35.5. The van der Waals surface area contributed by atoms with Gasteiger partial charge in [-0.05, 0) is 47.9 Å². The van der Waals surface area contributed by atoms with Crippen LogP contribution in [-0.4, -0.2) is 18.9 Å². The van der Waals surface area contributed by atoms with E-state index in [4.69, 9.17) is 16.3 Å². The first kappa shape index (κ1) is 17.2. The lowest BCUT2D eigenvalue weighted by Gasteiger charge is -2.39. The number of carbonyl (C=O) groups excluding carboxylic acids is 2. The molecule has 0 saturated carbocycles. The minimum absolute atomic E-state index is 0.00142. The summed E-state index contributed by atoms with van der Waals surface area (Å²) in [5, 5.41) is 0.679. The van der Waals surface area contributed by atoms with E-state index in [1.807, 2.05) is 24.3 Å². The van der Waals surface area contributed by atoms with Crippen LogP contribution in [0.25, 0.3) is 0 Å². The minimum Gasteiger partial charge on any atom is -0.469 e. The fraction of sp³-hybridized carbons (Fsp3) is 0.500. The van der Waals surface area contributed by atoms with Crippen molar-refractivity contribution >= 4 is 23.4 Å². The zero-order valence-corrected chi connectivity index (χ0v) is 15.2. The number of methoxy groups -OCH3 is 1. The van der Waals surface area contributed by atoms with Crippen LogP contribution in [0.15, 0.2) is 35.4 Å². The topological polar surface area (TPSA) is 43.4 Å². The lowest BCUT2D eigenvalue weighted by Crippen LogP contribution is -2.35. The molecule has 4 heteroatoms. The Hall–Kier alpha value is -1.61. The van der Waals surface area contributed by atoms with Gasteiger partial charge in [-0.3, -0.25) is 9.59 Å². The predicted octanol–water partition coefficient (Wildman–Crippen LogP) is 4.69. The number of esters is 1. The van der Waals surface area contributed by atoms with Crippen molar-refractivity contribution in [3.05, 3.63) is 46.0 Å². The number of rotatable bonds is 2. The van der Waals surface area contributed by atoms with Crippen LogP contribution in [-0.2, 0) is 14.3 Å². The second-order valence-electron chi connectivity index (χ2n) is 7.72. The summed E-state index contributed by atoms with van der Waals surface area (Å²) in [6, 6.07) is 7.66. The summed E-state index contributed by atoms with van der Waals surface area (Å²) in [6.07, 6.45) is 2.72. The first-order valence-electron chi connectivity index (χ1n) is 8.38. The van der Waals surface area contributed by atoms with Crippen LogP contribution in [0.3, 0.4) is 0 Å². The quantitative estimate of drug-likeness (QED) is 0.729. The van der Waals surface area contributed by atoms with E-state index >= 15 is 0 Å². The SMILES string of the molecule is COC(=O)[C@@H]1CC2=C(C[C@@H]1c1ccc(Cl)cc1)CC(C)(C)CC2=O. The van der Waals surface area contributed by atoms with Crippen molar-refractivity contribution in [1.82, 2.24) is 0 Å². The highest BCUT2D eigenvalue weighted by Gasteiger charge is 2.42. The Labute approximate surface area is 148 Å². The smallest absolute Gasteiger partial charge is 0.309 e. The van der Waals surface area contributed by atoms with Gasteiger partial charge in [-0.2, -0.15) is 0 Å². The summed E-state index contributed by atoms with van der Waals surface area (Å²) < 4.78 is 5.02. The van der Waals surface area contributed by atoms with Gasteiger partial charge in [-0.1, -0.05) is 43.2 Å². The molecule has 0 heterocycles. The molecule has 0 unspecified atom stereocenters. The number of ether oxygens (including phenoxy) is 1. The summed E-state index contributed by atoms with van der Waals surface area (Å²) in [4.78, 5) is 24.9. The molecule has 0 radical (unpaired) electrons. The summed E-state index contributed by atoms with van der Waals surface area (Å²) in [7, 11) is 1.41. The molecule has 3 rings (SSSR count). The molecule has 1 aromatic rings. The zero-order chi connectivity index (χ0) is 17.5. The Kier molecular flexibility index (Phi) is 4.56. The third kappa shape index (κ3) is 3.27. The maximum Gasteiger partial charge on any atom is 0.309 e. The highest BCUT2D eigenvalue weighted by molar-refractivity contribution is 6.30. The number of benzene rings is 1. The Bertz CT molecular complexity index is 700. The number of hydrogen-bond donors (Lipinski definition) is 0. The van der Waals surface area contributed by atoms with Crippen molar-refractivity contribution in [1.29, 1.82) is 0 Å². The predicted molar refractivity (Wildman–Crippen MR) is 94.0 cm³/mol. The lowest BCUT2D eigenvalue weighted by atomic mass is 9.64.